The Morgan fingerprint density at radius 1 is 1.25 bits per heavy atom. The lowest BCUT2D eigenvalue weighted by atomic mass is 10.2. The number of benzene rings is 1. The van der Waals surface area contributed by atoms with Crippen molar-refractivity contribution in [1.29, 1.82) is 0 Å². The number of amides is 1. The number of nitrogens with one attached hydrogen (secondary N) is 1. The molecule has 0 spiro atoms. The number of halogens is 3. The number of aromatic nitrogens is 2. The van der Waals surface area contributed by atoms with E-state index in [1.807, 2.05) is 42.1 Å². The van der Waals surface area contributed by atoms with E-state index in [1.54, 1.807) is 11.3 Å². The van der Waals surface area contributed by atoms with E-state index in [2.05, 4.69) is 15.2 Å². The predicted octanol–water partition coefficient (Wildman–Crippen LogP) is 4.48. The van der Waals surface area contributed by atoms with Gasteiger partial charge in [0, 0.05) is 22.7 Å². The van der Waals surface area contributed by atoms with E-state index in [-0.39, 0.29) is 23.3 Å². The van der Waals surface area contributed by atoms with E-state index < -0.39 is 6.36 Å². The number of alkyl halides is 3. The molecule has 0 radical (unpaired) electrons. The smallest absolute Gasteiger partial charge is 0.406 e. The largest absolute Gasteiger partial charge is 0.573 e. The summed E-state index contributed by atoms with van der Waals surface area (Å²) in [4.78, 5) is 13.5. The standard InChI is InChI=1S/C19H18F3N3O2S/c1-12-10-13(2)25(24-12)16(17-4-3-9-28-17)11-23-18(26)14-5-7-15(8-6-14)27-19(20,21)22/h3-10,16H,11H2,1-2H3,(H,23,26)/t16-/m0/s1. The molecule has 9 heteroatoms. The average molecular weight is 409 g/mol. The maximum atomic E-state index is 12.4. The second-order valence-electron chi connectivity index (χ2n) is 6.19. The van der Waals surface area contributed by atoms with Gasteiger partial charge in [-0.3, -0.25) is 9.48 Å². The van der Waals surface area contributed by atoms with E-state index in [4.69, 9.17) is 0 Å². The summed E-state index contributed by atoms with van der Waals surface area (Å²) in [7, 11) is 0. The number of hydrogen-bond acceptors (Lipinski definition) is 4. The van der Waals surface area contributed by atoms with Crippen LogP contribution in [-0.2, 0) is 0 Å². The van der Waals surface area contributed by atoms with Gasteiger partial charge in [0.1, 0.15) is 11.8 Å². The van der Waals surface area contributed by atoms with Gasteiger partial charge < -0.3 is 10.1 Å². The molecule has 3 rings (SSSR count). The van der Waals surface area contributed by atoms with E-state index in [9.17, 15) is 18.0 Å². The quantitative estimate of drug-likeness (QED) is 0.653. The molecule has 0 saturated carbocycles. The lowest BCUT2D eigenvalue weighted by Gasteiger charge is -2.19. The minimum absolute atomic E-state index is 0.175. The van der Waals surface area contributed by atoms with Crippen LogP contribution < -0.4 is 10.1 Å². The van der Waals surface area contributed by atoms with E-state index in [1.165, 1.54) is 12.1 Å². The molecule has 0 aliphatic rings. The first-order chi connectivity index (χ1) is 13.2. The molecule has 1 N–H and O–H groups in total. The summed E-state index contributed by atoms with van der Waals surface area (Å²) in [6.45, 7) is 4.14. The van der Waals surface area contributed by atoms with Crippen molar-refractivity contribution in [2.75, 3.05) is 6.54 Å². The Morgan fingerprint density at radius 2 is 1.96 bits per heavy atom. The number of carbonyl (C=O) groups is 1. The van der Waals surface area contributed by atoms with Crippen molar-refractivity contribution in [2.45, 2.75) is 26.3 Å². The summed E-state index contributed by atoms with van der Waals surface area (Å²) >= 11 is 1.56. The topological polar surface area (TPSA) is 56.2 Å². The minimum atomic E-state index is -4.77. The molecule has 0 fully saturated rings. The van der Waals surface area contributed by atoms with Crippen molar-refractivity contribution in [3.63, 3.8) is 0 Å². The van der Waals surface area contributed by atoms with Crippen LogP contribution in [0.15, 0.2) is 47.8 Å². The summed E-state index contributed by atoms with van der Waals surface area (Å²) in [5.41, 5.74) is 2.09. The fourth-order valence-electron chi connectivity index (χ4n) is 2.85. The first-order valence-corrected chi connectivity index (χ1v) is 9.31. The van der Waals surface area contributed by atoms with Gasteiger partial charge in [-0.25, -0.2) is 0 Å². The van der Waals surface area contributed by atoms with Crippen LogP contribution in [0, 0.1) is 13.8 Å². The Bertz CT molecular complexity index is 934. The molecule has 1 aromatic carbocycles. The Labute approximate surface area is 163 Å². The maximum absolute atomic E-state index is 12.4. The predicted molar refractivity (Wildman–Crippen MR) is 99.6 cm³/mol. The molecule has 2 heterocycles. The lowest BCUT2D eigenvalue weighted by Crippen LogP contribution is -2.31. The SMILES string of the molecule is Cc1cc(C)n([C@@H](CNC(=O)c2ccc(OC(F)(F)F)cc2)c2cccs2)n1. The Morgan fingerprint density at radius 3 is 2.50 bits per heavy atom. The van der Waals surface area contributed by atoms with Crippen molar-refractivity contribution in [3.8, 4) is 5.75 Å². The number of rotatable bonds is 6. The third kappa shape index (κ3) is 4.92. The van der Waals surface area contributed by atoms with Gasteiger partial charge in [-0.05, 0) is 55.6 Å². The highest BCUT2D eigenvalue weighted by Gasteiger charge is 2.31. The van der Waals surface area contributed by atoms with Crippen LogP contribution in [0.25, 0.3) is 0 Å². The molecule has 5 nitrogen and oxygen atoms in total. The number of nitrogens with zero attached hydrogens (tertiary/aromatic N) is 2. The highest BCUT2D eigenvalue weighted by atomic mass is 32.1. The Balaban J connectivity index is 1.71. The monoisotopic (exact) mass is 409 g/mol. The first kappa shape index (κ1) is 19.9. The van der Waals surface area contributed by atoms with Crippen molar-refractivity contribution in [2.24, 2.45) is 0 Å². The zero-order valence-corrected chi connectivity index (χ0v) is 16.0. The third-order valence-electron chi connectivity index (χ3n) is 4.02. The molecule has 0 aliphatic carbocycles. The highest BCUT2D eigenvalue weighted by molar-refractivity contribution is 7.10. The summed E-state index contributed by atoms with van der Waals surface area (Å²) in [5.74, 6) is -0.759. The maximum Gasteiger partial charge on any atom is 0.573 e. The van der Waals surface area contributed by atoms with Crippen LogP contribution in [-0.4, -0.2) is 28.6 Å². The van der Waals surface area contributed by atoms with Crippen molar-refractivity contribution >= 4 is 17.2 Å². The summed E-state index contributed by atoms with van der Waals surface area (Å²) in [5, 5.41) is 9.30. The van der Waals surface area contributed by atoms with Crippen LogP contribution in [0.5, 0.6) is 5.75 Å². The number of aryl methyl sites for hydroxylation is 2. The fraction of sp³-hybridized carbons (Fsp3) is 0.263. The van der Waals surface area contributed by atoms with Gasteiger partial charge in [-0.1, -0.05) is 6.07 Å². The molecular weight excluding hydrogens is 391 g/mol. The molecule has 28 heavy (non-hydrogen) atoms. The molecule has 2 aromatic heterocycles. The fourth-order valence-corrected chi connectivity index (χ4v) is 3.66. The number of ether oxygens (including phenoxy) is 1. The van der Waals surface area contributed by atoms with Gasteiger partial charge in [-0.15, -0.1) is 24.5 Å². The minimum Gasteiger partial charge on any atom is -0.406 e. The average Bonchev–Trinajstić information content (AvgIpc) is 3.24. The normalized spacial score (nSPS) is 12.6. The molecule has 0 bridgehead atoms. The molecule has 1 amide bonds. The van der Waals surface area contributed by atoms with Gasteiger partial charge in [0.2, 0.25) is 0 Å². The molecule has 0 aliphatic heterocycles. The number of thiophene rings is 1. The molecular formula is C19H18F3N3O2S. The van der Waals surface area contributed by atoms with E-state index >= 15 is 0 Å². The van der Waals surface area contributed by atoms with Crippen molar-refractivity contribution < 1.29 is 22.7 Å². The van der Waals surface area contributed by atoms with Crippen LogP contribution in [0.1, 0.15) is 32.7 Å². The van der Waals surface area contributed by atoms with Crippen LogP contribution in [0.3, 0.4) is 0 Å². The van der Waals surface area contributed by atoms with Crippen LogP contribution >= 0.6 is 11.3 Å². The van der Waals surface area contributed by atoms with Crippen molar-refractivity contribution in [3.05, 3.63) is 69.7 Å². The van der Waals surface area contributed by atoms with Crippen molar-refractivity contribution in [1.82, 2.24) is 15.1 Å². The first-order valence-electron chi connectivity index (χ1n) is 8.43. The molecule has 1 atom stereocenters. The zero-order valence-electron chi connectivity index (χ0n) is 15.2. The summed E-state index contributed by atoms with van der Waals surface area (Å²) in [6, 6.07) is 10.5. The highest BCUT2D eigenvalue weighted by Crippen LogP contribution is 2.25. The van der Waals surface area contributed by atoms with Gasteiger partial charge in [-0.2, -0.15) is 5.10 Å². The van der Waals surface area contributed by atoms with Gasteiger partial charge >= 0.3 is 6.36 Å². The molecule has 0 saturated heterocycles. The second-order valence-corrected chi connectivity index (χ2v) is 7.16. The molecule has 148 valence electrons. The Hall–Kier alpha value is -2.81. The lowest BCUT2D eigenvalue weighted by molar-refractivity contribution is -0.274. The number of hydrogen-bond donors (Lipinski definition) is 1. The zero-order chi connectivity index (χ0) is 20.3. The van der Waals surface area contributed by atoms with E-state index in [0.717, 1.165) is 28.4 Å². The third-order valence-corrected chi connectivity index (χ3v) is 4.99. The summed E-state index contributed by atoms with van der Waals surface area (Å²) in [6.07, 6.45) is -4.77. The Kier molecular flexibility index (Phi) is 5.73. The molecule has 3 aromatic rings. The van der Waals surface area contributed by atoms with Gasteiger partial charge in [0.15, 0.2) is 0 Å². The summed E-state index contributed by atoms with van der Waals surface area (Å²) < 4.78 is 42.4. The van der Waals surface area contributed by atoms with Gasteiger partial charge in [0.05, 0.1) is 5.69 Å². The van der Waals surface area contributed by atoms with Crippen LogP contribution in [0.4, 0.5) is 13.2 Å². The van der Waals surface area contributed by atoms with Gasteiger partial charge in [0.25, 0.3) is 5.91 Å². The van der Waals surface area contributed by atoms with Crippen LogP contribution in [0.2, 0.25) is 0 Å². The molecule has 0 unspecified atom stereocenters. The second kappa shape index (κ2) is 8.05. The van der Waals surface area contributed by atoms with E-state index in [0.29, 0.717) is 6.54 Å². The number of carbonyl (C=O) groups excluding carboxylic acids is 1.